The molecule has 1 aromatic heterocycles. The number of anilines is 1. The van der Waals surface area contributed by atoms with Crippen molar-refractivity contribution >= 4 is 38.5 Å². The largest absolute Gasteiger partial charge is 0.466 e. The van der Waals surface area contributed by atoms with Crippen molar-refractivity contribution in [3.63, 3.8) is 0 Å². The van der Waals surface area contributed by atoms with Gasteiger partial charge in [-0.05, 0) is 28.1 Å². The molecule has 0 fully saturated rings. The lowest BCUT2D eigenvalue weighted by molar-refractivity contribution is -0.134. The maximum atomic E-state index is 10.9. The number of carbonyl (C=O) groups is 1. The molecule has 0 radical (unpaired) electrons. The Morgan fingerprint density at radius 3 is 3.11 bits per heavy atom. The van der Waals surface area contributed by atoms with Crippen LogP contribution >= 0.6 is 15.9 Å². The van der Waals surface area contributed by atoms with E-state index in [0.29, 0.717) is 0 Å². The molecule has 0 amide bonds. The maximum absolute atomic E-state index is 10.9. The highest BCUT2D eigenvalue weighted by atomic mass is 79.9. The molecule has 0 aliphatic carbocycles. The average Bonchev–Trinajstić information content (AvgIpc) is 2.38. The van der Waals surface area contributed by atoms with Crippen LogP contribution in [0.15, 0.2) is 47.2 Å². The number of hydrogen-bond donors (Lipinski definition) is 1. The molecule has 0 unspecified atom stereocenters. The summed E-state index contributed by atoms with van der Waals surface area (Å²) < 4.78 is 5.43. The molecule has 5 heteroatoms. The zero-order chi connectivity index (χ0) is 13.0. The fourth-order valence-corrected chi connectivity index (χ4v) is 1.87. The maximum Gasteiger partial charge on any atom is 0.331 e. The molecule has 1 aromatic carbocycles. The molecular weight excluding hydrogens is 296 g/mol. The zero-order valence-corrected chi connectivity index (χ0v) is 11.3. The van der Waals surface area contributed by atoms with Crippen molar-refractivity contribution in [1.29, 1.82) is 0 Å². The number of carbonyl (C=O) groups excluding carboxylic acids is 1. The van der Waals surface area contributed by atoms with Gasteiger partial charge in [0.1, 0.15) is 0 Å². The summed E-state index contributed by atoms with van der Waals surface area (Å²) in [6, 6.07) is 7.77. The van der Waals surface area contributed by atoms with E-state index in [2.05, 4.69) is 31.0 Å². The van der Waals surface area contributed by atoms with Crippen molar-refractivity contribution in [3.8, 4) is 0 Å². The number of halogens is 1. The van der Waals surface area contributed by atoms with Crippen LogP contribution in [0.2, 0.25) is 0 Å². The van der Waals surface area contributed by atoms with E-state index in [-0.39, 0.29) is 0 Å². The van der Waals surface area contributed by atoms with Gasteiger partial charge in [0.15, 0.2) is 0 Å². The van der Waals surface area contributed by atoms with Gasteiger partial charge in [0.05, 0.1) is 18.3 Å². The first-order chi connectivity index (χ1) is 8.70. The van der Waals surface area contributed by atoms with Crippen molar-refractivity contribution in [3.05, 3.63) is 47.2 Å². The van der Waals surface area contributed by atoms with Gasteiger partial charge < -0.3 is 10.1 Å². The third-order valence-corrected chi connectivity index (χ3v) is 2.77. The number of esters is 1. The SMILES string of the molecule is COC(=O)/C=C/Nc1cccc2cc(Br)cnc12. The van der Waals surface area contributed by atoms with Gasteiger partial charge in [-0.25, -0.2) is 4.79 Å². The van der Waals surface area contributed by atoms with E-state index >= 15 is 0 Å². The molecule has 0 saturated heterocycles. The predicted octanol–water partition coefficient (Wildman–Crippen LogP) is 3.10. The second kappa shape index (κ2) is 5.64. The Morgan fingerprint density at radius 1 is 1.50 bits per heavy atom. The van der Waals surface area contributed by atoms with Crippen molar-refractivity contribution in [2.45, 2.75) is 0 Å². The lowest BCUT2D eigenvalue weighted by Crippen LogP contribution is -1.97. The van der Waals surface area contributed by atoms with Gasteiger partial charge in [0.25, 0.3) is 0 Å². The Morgan fingerprint density at radius 2 is 2.33 bits per heavy atom. The Bertz CT molecular complexity index is 611. The number of methoxy groups -OCH3 is 1. The quantitative estimate of drug-likeness (QED) is 0.699. The molecule has 2 aromatic rings. The summed E-state index contributed by atoms with van der Waals surface area (Å²) in [7, 11) is 1.34. The molecule has 1 heterocycles. The summed E-state index contributed by atoms with van der Waals surface area (Å²) >= 11 is 3.38. The Balaban J connectivity index is 2.28. The van der Waals surface area contributed by atoms with Crippen LogP contribution in [0.25, 0.3) is 10.9 Å². The molecule has 0 spiro atoms. The second-order valence-electron chi connectivity index (χ2n) is 3.53. The van der Waals surface area contributed by atoms with E-state index < -0.39 is 5.97 Å². The second-order valence-corrected chi connectivity index (χ2v) is 4.45. The fraction of sp³-hybridized carbons (Fsp3) is 0.0769. The van der Waals surface area contributed by atoms with Crippen LogP contribution in [-0.4, -0.2) is 18.1 Å². The summed E-state index contributed by atoms with van der Waals surface area (Å²) in [5, 5.41) is 4.03. The molecule has 0 aliphatic rings. The number of hydrogen-bond acceptors (Lipinski definition) is 4. The highest BCUT2D eigenvalue weighted by Crippen LogP contribution is 2.23. The summed E-state index contributed by atoms with van der Waals surface area (Å²) in [5.74, 6) is -0.404. The van der Waals surface area contributed by atoms with Gasteiger partial charge in [-0.1, -0.05) is 12.1 Å². The molecule has 0 aliphatic heterocycles. The van der Waals surface area contributed by atoms with Crippen LogP contribution in [0.1, 0.15) is 0 Å². The van der Waals surface area contributed by atoms with Crippen molar-refractivity contribution in [2.24, 2.45) is 0 Å². The minimum atomic E-state index is -0.404. The topological polar surface area (TPSA) is 51.2 Å². The third-order valence-electron chi connectivity index (χ3n) is 2.34. The number of fused-ring (bicyclic) bond motifs is 1. The first-order valence-corrected chi connectivity index (χ1v) is 6.05. The normalized spacial score (nSPS) is 10.8. The van der Waals surface area contributed by atoms with E-state index in [1.54, 1.807) is 6.20 Å². The monoisotopic (exact) mass is 306 g/mol. The fourth-order valence-electron chi connectivity index (χ4n) is 1.52. The van der Waals surface area contributed by atoms with Gasteiger partial charge in [-0.15, -0.1) is 0 Å². The standard InChI is InChI=1S/C13H11BrN2O2/c1-18-12(17)5-6-15-11-4-2-3-9-7-10(14)8-16-13(9)11/h2-8,15H,1H3/b6-5+. The summed E-state index contributed by atoms with van der Waals surface area (Å²) in [6.07, 6.45) is 4.58. The molecule has 0 bridgehead atoms. The predicted molar refractivity (Wildman–Crippen MR) is 74.2 cm³/mol. The highest BCUT2D eigenvalue weighted by molar-refractivity contribution is 9.10. The van der Waals surface area contributed by atoms with E-state index in [0.717, 1.165) is 21.1 Å². The number of nitrogens with one attached hydrogen (secondary N) is 1. The average molecular weight is 307 g/mol. The van der Waals surface area contributed by atoms with Gasteiger partial charge in [-0.2, -0.15) is 0 Å². The van der Waals surface area contributed by atoms with Crippen molar-refractivity contribution in [1.82, 2.24) is 4.98 Å². The first kappa shape index (κ1) is 12.6. The van der Waals surface area contributed by atoms with Crippen LogP contribution < -0.4 is 5.32 Å². The minimum Gasteiger partial charge on any atom is -0.466 e. The first-order valence-electron chi connectivity index (χ1n) is 5.26. The molecule has 0 atom stereocenters. The van der Waals surface area contributed by atoms with Crippen molar-refractivity contribution < 1.29 is 9.53 Å². The smallest absolute Gasteiger partial charge is 0.331 e. The Hall–Kier alpha value is -1.88. The number of para-hydroxylation sites is 1. The minimum absolute atomic E-state index is 0.404. The number of aromatic nitrogens is 1. The van der Waals surface area contributed by atoms with Crippen molar-refractivity contribution in [2.75, 3.05) is 12.4 Å². The van der Waals surface area contributed by atoms with E-state index in [4.69, 9.17) is 0 Å². The third kappa shape index (κ3) is 2.87. The molecule has 1 N–H and O–H groups in total. The van der Waals surface area contributed by atoms with Crippen LogP contribution in [0.4, 0.5) is 5.69 Å². The molecule has 0 saturated carbocycles. The van der Waals surface area contributed by atoms with Gasteiger partial charge in [0, 0.05) is 28.3 Å². The molecule has 4 nitrogen and oxygen atoms in total. The van der Waals surface area contributed by atoms with E-state index in [9.17, 15) is 4.79 Å². The summed E-state index contributed by atoms with van der Waals surface area (Å²) in [4.78, 5) is 15.3. The molecular formula is C13H11BrN2O2. The van der Waals surface area contributed by atoms with Gasteiger partial charge in [0.2, 0.25) is 0 Å². The number of nitrogens with zero attached hydrogens (tertiary/aromatic N) is 1. The number of benzene rings is 1. The van der Waals surface area contributed by atoms with E-state index in [1.165, 1.54) is 19.4 Å². The number of pyridine rings is 1. The van der Waals surface area contributed by atoms with Gasteiger partial charge >= 0.3 is 5.97 Å². The molecule has 92 valence electrons. The zero-order valence-electron chi connectivity index (χ0n) is 9.68. The molecule has 18 heavy (non-hydrogen) atoms. The van der Waals surface area contributed by atoms with Crippen LogP contribution in [0.5, 0.6) is 0 Å². The lowest BCUT2D eigenvalue weighted by Gasteiger charge is -2.05. The van der Waals surface area contributed by atoms with Crippen LogP contribution in [0, 0.1) is 0 Å². The highest BCUT2D eigenvalue weighted by Gasteiger charge is 2.01. The van der Waals surface area contributed by atoms with Gasteiger partial charge in [-0.3, -0.25) is 4.98 Å². The summed E-state index contributed by atoms with van der Waals surface area (Å²) in [5.41, 5.74) is 1.68. The Kier molecular flexibility index (Phi) is 3.94. The van der Waals surface area contributed by atoms with Crippen LogP contribution in [-0.2, 0) is 9.53 Å². The van der Waals surface area contributed by atoms with E-state index in [1.807, 2.05) is 24.3 Å². The number of rotatable bonds is 3. The van der Waals surface area contributed by atoms with Crippen LogP contribution in [0.3, 0.4) is 0 Å². The number of ether oxygens (including phenoxy) is 1. The summed E-state index contributed by atoms with van der Waals surface area (Å²) in [6.45, 7) is 0. The lowest BCUT2D eigenvalue weighted by atomic mass is 10.2. The Labute approximate surface area is 113 Å². The molecule has 2 rings (SSSR count).